The van der Waals surface area contributed by atoms with E-state index in [1.54, 1.807) is 6.07 Å². The number of methoxy groups -OCH3 is 1. The topological polar surface area (TPSA) is 71.5 Å². The van der Waals surface area contributed by atoms with Gasteiger partial charge in [0.1, 0.15) is 5.69 Å². The van der Waals surface area contributed by atoms with Gasteiger partial charge >= 0.3 is 0 Å². The van der Waals surface area contributed by atoms with Crippen LogP contribution in [0.4, 0.5) is 0 Å². The van der Waals surface area contributed by atoms with E-state index >= 15 is 0 Å². The van der Waals surface area contributed by atoms with Crippen molar-refractivity contribution in [3.05, 3.63) is 36.0 Å². The van der Waals surface area contributed by atoms with Crippen molar-refractivity contribution >= 4 is 16.7 Å². The fourth-order valence-electron chi connectivity index (χ4n) is 2.27. The molecule has 1 aromatic carbocycles. The van der Waals surface area contributed by atoms with Gasteiger partial charge in [-0.1, -0.05) is 32.0 Å². The van der Waals surface area contributed by atoms with E-state index in [4.69, 9.17) is 4.74 Å². The second kappa shape index (κ2) is 6.75. The lowest BCUT2D eigenvalue weighted by atomic mass is 9.97. The first-order valence-corrected chi connectivity index (χ1v) is 7.47. The number of pyridine rings is 1. The predicted octanol–water partition coefficient (Wildman–Crippen LogP) is 2.52. The van der Waals surface area contributed by atoms with Crippen molar-refractivity contribution in [3.63, 3.8) is 0 Å². The maximum atomic E-state index is 12.3. The maximum Gasteiger partial charge on any atom is 0.270 e. The van der Waals surface area contributed by atoms with Crippen LogP contribution in [0.2, 0.25) is 0 Å². The van der Waals surface area contributed by atoms with Crippen molar-refractivity contribution in [2.75, 3.05) is 13.7 Å². The van der Waals surface area contributed by atoms with E-state index in [1.165, 1.54) is 7.11 Å². The summed E-state index contributed by atoms with van der Waals surface area (Å²) >= 11 is 0. The van der Waals surface area contributed by atoms with Crippen LogP contribution < -0.4 is 10.1 Å². The van der Waals surface area contributed by atoms with Crippen molar-refractivity contribution in [2.24, 2.45) is 0 Å². The first-order valence-electron chi connectivity index (χ1n) is 7.47. The summed E-state index contributed by atoms with van der Waals surface area (Å²) in [4.78, 5) is 16.6. The van der Waals surface area contributed by atoms with Crippen LogP contribution in [-0.4, -0.2) is 35.3 Å². The van der Waals surface area contributed by atoms with Crippen LogP contribution in [0.25, 0.3) is 10.8 Å². The van der Waals surface area contributed by atoms with Crippen LogP contribution in [0.5, 0.6) is 5.88 Å². The molecule has 0 atom stereocenters. The van der Waals surface area contributed by atoms with Crippen LogP contribution in [0.1, 0.15) is 37.2 Å². The summed E-state index contributed by atoms with van der Waals surface area (Å²) in [5.41, 5.74) is -0.596. The molecule has 0 aliphatic rings. The Morgan fingerprint density at radius 3 is 2.64 bits per heavy atom. The number of benzene rings is 1. The van der Waals surface area contributed by atoms with E-state index in [9.17, 15) is 9.90 Å². The smallest absolute Gasteiger partial charge is 0.270 e. The number of hydrogen-bond donors (Lipinski definition) is 2. The molecule has 118 valence electrons. The Morgan fingerprint density at radius 2 is 2.00 bits per heavy atom. The van der Waals surface area contributed by atoms with Gasteiger partial charge in [-0.15, -0.1) is 0 Å². The van der Waals surface area contributed by atoms with E-state index in [-0.39, 0.29) is 18.1 Å². The minimum atomic E-state index is -0.878. The zero-order chi connectivity index (χ0) is 16.2. The third-order valence-corrected chi connectivity index (χ3v) is 4.03. The molecule has 22 heavy (non-hydrogen) atoms. The summed E-state index contributed by atoms with van der Waals surface area (Å²) in [6.45, 7) is 4.00. The Hall–Kier alpha value is -2.14. The third-order valence-electron chi connectivity index (χ3n) is 4.03. The number of amides is 1. The number of nitrogens with zero attached hydrogens (tertiary/aromatic N) is 1. The molecule has 2 aromatic rings. The van der Waals surface area contributed by atoms with Gasteiger partial charge in [0.05, 0.1) is 12.7 Å². The van der Waals surface area contributed by atoms with Gasteiger partial charge in [0.25, 0.3) is 5.91 Å². The van der Waals surface area contributed by atoms with Gasteiger partial charge in [-0.2, -0.15) is 0 Å². The van der Waals surface area contributed by atoms with E-state index in [1.807, 2.05) is 38.1 Å². The van der Waals surface area contributed by atoms with E-state index in [0.29, 0.717) is 18.7 Å². The molecule has 1 amide bonds. The standard InChI is InChI=1S/C17H22N2O3/c1-4-17(21,5-2)11-18-15(20)14-10-12-8-6-7-9-13(12)16(19-14)22-3/h6-10,21H,4-5,11H2,1-3H3,(H,18,20). The third kappa shape index (κ3) is 3.36. The number of rotatable bonds is 6. The van der Waals surface area contributed by atoms with Gasteiger partial charge in [-0.05, 0) is 30.4 Å². The average molecular weight is 302 g/mol. The Labute approximate surface area is 130 Å². The lowest BCUT2D eigenvalue weighted by molar-refractivity contribution is 0.0313. The van der Waals surface area contributed by atoms with Gasteiger partial charge < -0.3 is 15.2 Å². The first kappa shape index (κ1) is 16.2. The molecular weight excluding hydrogens is 280 g/mol. The van der Waals surface area contributed by atoms with Crippen LogP contribution in [0.15, 0.2) is 30.3 Å². The van der Waals surface area contributed by atoms with Gasteiger partial charge in [0, 0.05) is 11.9 Å². The molecule has 1 aromatic heterocycles. The normalized spacial score (nSPS) is 11.5. The molecule has 2 rings (SSSR count). The molecule has 0 radical (unpaired) electrons. The summed E-state index contributed by atoms with van der Waals surface area (Å²) < 4.78 is 5.27. The fourth-order valence-corrected chi connectivity index (χ4v) is 2.27. The van der Waals surface area contributed by atoms with Gasteiger partial charge in [-0.25, -0.2) is 4.98 Å². The Kier molecular flexibility index (Phi) is 4.98. The molecule has 5 heteroatoms. The maximum absolute atomic E-state index is 12.3. The quantitative estimate of drug-likeness (QED) is 0.860. The molecule has 0 unspecified atom stereocenters. The Bertz CT molecular complexity index is 666. The number of carbonyl (C=O) groups excluding carboxylic acids is 1. The summed E-state index contributed by atoms with van der Waals surface area (Å²) in [5.74, 6) is 0.105. The van der Waals surface area contributed by atoms with Crippen molar-refractivity contribution in [2.45, 2.75) is 32.3 Å². The highest BCUT2D eigenvalue weighted by atomic mass is 16.5. The zero-order valence-corrected chi connectivity index (χ0v) is 13.2. The molecule has 0 bridgehead atoms. The van der Waals surface area contributed by atoms with E-state index < -0.39 is 5.60 Å². The SMILES string of the molecule is CCC(O)(CC)CNC(=O)c1cc2ccccc2c(OC)n1. The van der Waals surface area contributed by atoms with Gasteiger partial charge in [-0.3, -0.25) is 4.79 Å². The van der Waals surface area contributed by atoms with Crippen molar-refractivity contribution < 1.29 is 14.6 Å². The fraction of sp³-hybridized carbons (Fsp3) is 0.412. The van der Waals surface area contributed by atoms with Crippen LogP contribution >= 0.6 is 0 Å². The number of hydrogen-bond acceptors (Lipinski definition) is 4. The number of aliphatic hydroxyl groups is 1. The second-order valence-electron chi connectivity index (χ2n) is 5.35. The minimum absolute atomic E-state index is 0.204. The average Bonchev–Trinajstić information content (AvgIpc) is 2.58. The van der Waals surface area contributed by atoms with Crippen molar-refractivity contribution in [1.82, 2.24) is 10.3 Å². The van der Waals surface area contributed by atoms with Crippen molar-refractivity contribution in [3.8, 4) is 5.88 Å². The van der Waals surface area contributed by atoms with E-state index in [0.717, 1.165) is 10.8 Å². The van der Waals surface area contributed by atoms with Crippen LogP contribution in [-0.2, 0) is 0 Å². The largest absolute Gasteiger partial charge is 0.481 e. The minimum Gasteiger partial charge on any atom is -0.481 e. The monoisotopic (exact) mass is 302 g/mol. The molecule has 0 fully saturated rings. The molecule has 5 nitrogen and oxygen atoms in total. The van der Waals surface area contributed by atoms with Crippen molar-refractivity contribution in [1.29, 1.82) is 0 Å². The Balaban J connectivity index is 2.25. The zero-order valence-electron chi connectivity index (χ0n) is 13.2. The molecular formula is C17H22N2O3. The summed E-state index contributed by atoms with van der Waals surface area (Å²) in [6, 6.07) is 9.33. The molecule has 0 aliphatic heterocycles. The number of carbonyl (C=O) groups is 1. The predicted molar refractivity (Wildman–Crippen MR) is 86.2 cm³/mol. The lowest BCUT2D eigenvalue weighted by Crippen LogP contribution is -2.42. The molecule has 0 saturated carbocycles. The van der Waals surface area contributed by atoms with E-state index in [2.05, 4.69) is 10.3 Å². The van der Waals surface area contributed by atoms with Crippen LogP contribution in [0.3, 0.4) is 0 Å². The molecule has 0 aliphatic carbocycles. The highest BCUT2D eigenvalue weighted by Gasteiger charge is 2.23. The lowest BCUT2D eigenvalue weighted by Gasteiger charge is -2.25. The molecule has 0 spiro atoms. The molecule has 1 heterocycles. The number of nitrogens with one attached hydrogen (secondary N) is 1. The Morgan fingerprint density at radius 1 is 1.32 bits per heavy atom. The first-order chi connectivity index (χ1) is 10.5. The van der Waals surface area contributed by atoms with Gasteiger partial charge in [0.15, 0.2) is 0 Å². The van der Waals surface area contributed by atoms with Gasteiger partial charge in [0.2, 0.25) is 5.88 Å². The number of ether oxygens (including phenoxy) is 1. The molecule has 0 saturated heterocycles. The highest BCUT2D eigenvalue weighted by molar-refractivity contribution is 5.98. The van der Waals surface area contributed by atoms with Crippen LogP contribution in [0, 0.1) is 0 Å². The highest BCUT2D eigenvalue weighted by Crippen LogP contribution is 2.24. The number of fused-ring (bicyclic) bond motifs is 1. The summed E-state index contributed by atoms with van der Waals surface area (Å²) in [7, 11) is 1.53. The summed E-state index contributed by atoms with van der Waals surface area (Å²) in [5, 5.41) is 14.7. The molecule has 2 N–H and O–H groups in total. The number of aromatic nitrogens is 1. The second-order valence-corrected chi connectivity index (χ2v) is 5.35. The summed E-state index contributed by atoms with van der Waals surface area (Å²) in [6.07, 6.45) is 1.16.